The van der Waals surface area contributed by atoms with Gasteiger partial charge in [-0.2, -0.15) is 5.26 Å². The Balaban J connectivity index is 1.61. The maximum Gasteiger partial charge on any atom is 0.347 e. The molecule has 0 N–H and O–H groups in total. The molecule has 0 spiro atoms. The summed E-state index contributed by atoms with van der Waals surface area (Å²) in [5.41, 5.74) is 2.17. The topological polar surface area (TPSA) is 85.1 Å². The van der Waals surface area contributed by atoms with Crippen molar-refractivity contribution in [3.05, 3.63) is 65.6 Å². The first-order valence-corrected chi connectivity index (χ1v) is 8.12. The fraction of sp³-hybridized carbons (Fsp3) is 0.200. The summed E-state index contributed by atoms with van der Waals surface area (Å²) in [6.45, 7) is 3.48. The van der Waals surface area contributed by atoms with Crippen LogP contribution in [0.4, 0.5) is 0 Å². The Labute approximate surface area is 151 Å². The molecular formula is C20H17N3O3. The van der Waals surface area contributed by atoms with Crippen molar-refractivity contribution in [1.29, 1.82) is 5.26 Å². The Morgan fingerprint density at radius 2 is 1.88 bits per heavy atom. The summed E-state index contributed by atoms with van der Waals surface area (Å²) >= 11 is 0. The molecule has 1 aromatic heterocycles. The predicted octanol–water partition coefficient (Wildman–Crippen LogP) is 3.32. The third-order valence-electron chi connectivity index (χ3n) is 3.81. The van der Waals surface area contributed by atoms with Gasteiger partial charge >= 0.3 is 5.97 Å². The van der Waals surface area contributed by atoms with Crippen molar-refractivity contribution < 1.29 is 14.3 Å². The van der Waals surface area contributed by atoms with Gasteiger partial charge in [0.1, 0.15) is 5.75 Å². The number of ether oxygens (including phenoxy) is 2. The van der Waals surface area contributed by atoms with E-state index < -0.39 is 12.1 Å². The van der Waals surface area contributed by atoms with Crippen LogP contribution in [0.25, 0.3) is 10.9 Å². The third-order valence-corrected chi connectivity index (χ3v) is 3.81. The number of fused-ring (bicyclic) bond motifs is 1. The van der Waals surface area contributed by atoms with E-state index in [4.69, 9.17) is 14.7 Å². The van der Waals surface area contributed by atoms with Crippen LogP contribution in [-0.2, 0) is 16.1 Å². The average Bonchev–Trinajstić information content (AvgIpc) is 2.66. The molecule has 0 saturated heterocycles. The van der Waals surface area contributed by atoms with E-state index in [1.807, 2.05) is 37.3 Å². The average molecular weight is 347 g/mol. The number of rotatable bonds is 5. The number of hydrogen-bond acceptors (Lipinski definition) is 6. The summed E-state index contributed by atoms with van der Waals surface area (Å²) in [6.07, 6.45) is -0.788. The number of para-hydroxylation sites is 1. The molecule has 2 aromatic carbocycles. The summed E-state index contributed by atoms with van der Waals surface area (Å²) < 4.78 is 10.8. The summed E-state index contributed by atoms with van der Waals surface area (Å²) in [5, 5.41) is 9.76. The highest BCUT2D eigenvalue weighted by Gasteiger charge is 2.17. The largest absolute Gasteiger partial charge is 0.479 e. The summed E-state index contributed by atoms with van der Waals surface area (Å²) in [6, 6.07) is 16.2. The van der Waals surface area contributed by atoms with E-state index in [1.165, 1.54) is 0 Å². The van der Waals surface area contributed by atoms with Gasteiger partial charge in [0.25, 0.3) is 0 Å². The van der Waals surface area contributed by atoms with Gasteiger partial charge in [0.15, 0.2) is 18.5 Å². The lowest BCUT2D eigenvalue weighted by atomic mass is 10.2. The molecule has 3 rings (SSSR count). The minimum Gasteiger partial charge on any atom is -0.479 e. The minimum atomic E-state index is -0.788. The molecule has 26 heavy (non-hydrogen) atoms. The number of carbonyl (C=O) groups excluding carboxylic acids is 1. The predicted molar refractivity (Wildman–Crippen MR) is 95.3 cm³/mol. The molecule has 130 valence electrons. The number of aromatic nitrogens is 2. The van der Waals surface area contributed by atoms with Crippen LogP contribution in [0.5, 0.6) is 5.75 Å². The fourth-order valence-corrected chi connectivity index (χ4v) is 2.47. The molecule has 6 heteroatoms. The zero-order valence-electron chi connectivity index (χ0n) is 14.5. The molecule has 0 saturated carbocycles. The lowest BCUT2D eigenvalue weighted by Crippen LogP contribution is -2.26. The smallest absolute Gasteiger partial charge is 0.347 e. The number of esters is 1. The number of nitrogens with zero attached hydrogens (tertiary/aromatic N) is 3. The van der Waals surface area contributed by atoms with Crippen molar-refractivity contribution in [3.63, 3.8) is 0 Å². The van der Waals surface area contributed by atoms with Gasteiger partial charge in [0.2, 0.25) is 0 Å². The van der Waals surface area contributed by atoms with Crippen LogP contribution < -0.4 is 4.74 Å². The van der Waals surface area contributed by atoms with Gasteiger partial charge in [-0.15, -0.1) is 0 Å². The first-order chi connectivity index (χ1) is 12.6. The van der Waals surface area contributed by atoms with E-state index in [9.17, 15) is 4.79 Å². The fourth-order valence-electron chi connectivity index (χ4n) is 2.47. The van der Waals surface area contributed by atoms with Crippen LogP contribution >= 0.6 is 0 Å². The third kappa shape index (κ3) is 3.95. The molecule has 1 atom stereocenters. The summed E-state index contributed by atoms with van der Waals surface area (Å²) in [7, 11) is 0. The van der Waals surface area contributed by atoms with Crippen molar-refractivity contribution in [1.82, 2.24) is 9.97 Å². The van der Waals surface area contributed by atoms with Crippen molar-refractivity contribution >= 4 is 16.9 Å². The molecule has 0 aliphatic rings. The highest BCUT2D eigenvalue weighted by molar-refractivity contribution is 5.80. The monoisotopic (exact) mass is 347 g/mol. The number of hydrogen-bond donors (Lipinski definition) is 0. The van der Waals surface area contributed by atoms with Gasteiger partial charge in [-0.1, -0.05) is 18.2 Å². The Hall–Kier alpha value is -3.46. The van der Waals surface area contributed by atoms with Crippen molar-refractivity contribution in [2.24, 2.45) is 0 Å². The van der Waals surface area contributed by atoms with Gasteiger partial charge in [-0.3, -0.25) is 0 Å². The number of benzene rings is 2. The first-order valence-electron chi connectivity index (χ1n) is 8.12. The van der Waals surface area contributed by atoms with Gasteiger partial charge in [0, 0.05) is 11.1 Å². The molecule has 0 bridgehead atoms. The lowest BCUT2D eigenvalue weighted by molar-refractivity contribution is -0.152. The number of carbonyl (C=O) groups is 1. The molecule has 3 aromatic rings. The maximum atomic E-state index is 12.1. The van der Waals surface area contributed by atoms with E-state index in [2.05, 4.69) is 9.97 Å². The molecule has 1 heterocycles. The molecular weight excluding hydrogens is 330 g/mol. The van der Waals surface area contributed by atoms with Crippen LogP contribution in [0.3, 0.4) is 0 Å². The molecule has 0 radical (unpaired) electrons. The van der Waals surface area contributed by atoms with Crippen molar-refractivity contribution in [2.45, 2.75) is 26.6 Å². The summed E-state index contributed by atoms with van der Waals surface area (Å²) in [4.78, 5) is 20.9. The maximum absolute atomic E-state index is 12.1. The van der Waals surface area contributed by atoms with Crippen molar-refractivity contribution in [2.75, 3.05) is 0 Å². The van der Waals surface area contributed by atoms with Gasteiger partial charge in [0.05, 0.1) is 17.1 Å². The normalized spacial score (nSPS) is 11.6. The van der Waals surface area contributed by atoms with E-state index in [-0.39, 0.29) is 6.61 Å². The van der Waals surface area contributed by atoms with E-state index >= 15 is 0 Å². The zero-order valence-corrected chi connectivity index (χ0v) is 14.5. The number of aryl methyl sites for hydroxylation is 1. The van der Waals surface area contributed by atoms with Gasteiger partial charge in [-0.25, -0.2) is 14.8 Å². The van der Waals surface area contributed by atoms with E-state index in [1.54, 1.807) is 31.2 Å². The second-order valence-electron chi connectivity index (χ2n) is 5.75. The molecule has 1 unspecified atom stereocenters. The van der Waals surface area contributed by atoms with Crippen LogP contribution in [0.2, 0.25) is 0 Å². The van der Waals surface area contributed by atoms with Gasteiger partial charge < -0.3 is 9.47 Å². The molecule has 0 fully saturated rings. The first kappa shape index (κ1) is 17.4. The van der Waals surface area contributed by atoms with Crippen LogP contribution in [0, 0.1) is 18.3 Å². The Bertz CT molecular complexity index is 978. The van der Waals surface area contributed by atoms with Crippen LogP contribution in [-0.4, -0.2) is 22.0 Å². The van der Waals surface area contributed by atoms with E-state index in [0.29, 0.717) is 17.1 Å². The van der Waals surface area contributed by atoms with Crippen LogP contribution in [0.15, 0.2) is 48.5 Å². The second kappa shape index (κ2) is 7.62. The van der Waals surface area contributed by atoms with Gasteiger partial charge in [-0.05, 0) is 44.2 Å². The number of nitriles is 1. The molecule has 0 aliphatic carbocycles. The summed E-state index contributed by atoms with van der Waals surface area (Å²) in [5.74, 6) is 0.426. The molecule has 6 nitrogen and oxygen atoms in total. The second-order valence-corrected chi connectivity index (χ2v) is 5.75. The zero-order chi connectivity index (χ0) is 18.5. The standard InChI is InChI=1S/C20H17N3O3/c1-13-17-5-3-4-6-18(17)23-19(22-13)12-25-20(24)14(2)26-16-9-7-15(11-21)8-10-16/h3-10,14H,12H2,1-2H3. The van der Waals surface area contributed by atoms with E-state index in [0.717, 1.165) is 16.6 Å². The SMILES string of the molecule is Cc1nc(COC(=O)C(C)Oc2ccc(C#N)cc2)nc2ccccc12. The molecule has 0 amide bonds. The van der Waals surface area contributed by atoms with Crippen LogP contribution in [0.1, 0.15) is 24.0 Å². The lowest BCUT2D eigenvalue weighted by Gasteiger charge is -2.14. The minimum absolute atomic E-state index is 0.0222. The van der Waals surface area contributed by atoms with Crippen molar-refractivity contribution in [3.8, 4) is 11.8 Å². The Morgan fingerprint density at radius 1 is 1.15 bits per heavy atom. The Morgan fingerprint density at radius 3 is 2.62 bits per heavy atom. The highest BCUT2D eigenvalue weighted by Crippen LogP contribution is 2.16. The quantitative estimate of drug-likeness (QED) is 0.658. The highest BCUT2D eigenvalue weighted by atomic mass is 16.6. The molecule has 0 aliphatic heterocycles. The Kier molecular flexibility index (Phi) is 5.09.